The van der Waals surface area contributed by atoms with Crippen molar-refractivity contribution in [1.82, 2.24) is 0 Å². The summed E-state index contributed by atoms with van der Waals surface area (Å²) in [5.41, 5.74) is 0.638. The van der Waals surface area contributed by atoms with Crippen molar-refractivity contribution in [1.29, 1.82) is 5.26 Å². The Morgan fingerprint density at radius 3 is 2.67 bits per heavy atom. The minimum absolute atomic E-state index is 0.0191. The standard InChI is InChI=1S/C12H10ClNO/c13-11-4-2-1-3-9(11)10(7-14)12(15)8-5-6-8/h1-4,8,10H,5-6H2. The van der Waals surface area contributed by atoms with Crippen molar-refractivity contribution >= 4 is 17.4 Å². The van der Waals surface area contributed by atoms with E-state index >= 15 is 0 Å². The summed E-state index contributed by atoms with van der Waals surface area (Å²) in [7, 11) is 0. The van der Waals surface area contributed by atoms with Crippen molar-refractivity contribution in [2.24, 2.45) is 5.92 Å². The van der Waals surface area contributed by atoms with Gasteiger partial charge in [-0.25, -0.2) is 0 Å². The molecule has 3 heteroatoms. The molecule has 0 bridgehead atoms. The molecule has 1 atom stereocenters. The fourth-order valence-corrected chi connectivity index (χ4v) is 1.84. The average molecular weight is 220 g/mol. The lowest BCUT2D eigenvalue weighted by molar-refractivity contribution is -0.120. The summed E-state index contributed by atoms with van der Waals surface area (Å²) >= 11 is 5.96. The highest BCUT2D eigenvalue weighted by Crippen LogP contribution is 2.36. The van der Waals surface area contributed by atoms with Crippen LogP contribution in [0.3, 0.4) is 0 Å². The van der Waals surface area contributed by atoms with Gasteiger partial charge >= 0.3 is 0 Å². The van der Waals surface area contributed by atoms with Gasteiger partial charge in [-0.3, -0.25) is 4.79 Å². The van der Waals surface area contributed by atoms with E-state index in [2.05, 4.69) is 0 Å². The predicted octanol–water partition coefficient (Wildman–Crippen LogP) is 2.93. The number of nitriles is 1. The zero-order valence-corrected chi connectivity index (χ0v) is 8.87. The van der Waals surface area contributed by atoms with Gasteiger partial charge in [-0.2, -0.15) is 5.26 Å². The minimum atomic E-state index is -0.689. The predicted molar refractivity (Wildman–Crippen MR) is 57.5 cm³/mol. The fraction of sp³-hybridized carbons (Fsp3) is 0.333. The maximum atomic E-state index is 11.8. The van der Waals surface area contributed by atoms with Gasteiger partial charge < -0.3 is 0 Å². The number of carbonyl (C=O) groups is 1. The average Bonchev–Trinajstić information content (AvgIpc) is 3.05. The third kappa shape index (κ3) is 2.03. The lowest BCUT2D eigenvalue weighted by Gasteiger charge is -2.09. The van der Waals surface area contributed by atoms with E-state index in [9.17, 15) is 4.79 Å². The van der Waals surface area contributed by atoms with E-state index in [-0.39, 0.29) is 11.7 Å². The summed E-state index contributed by atoms with van der Waals surface area (Å²) < 4.78 is 0. The van der Waals surface area contributed by atoms with Crippen molar-refractivity contribution in [3.63, 3.8) is 0 Å². The van der Waals surface area contributed by atoms with Crippen LogP contribution in [0.2, 0.25) is 5.02 Å². The summed E-state index contributed by atoms with van der Waals surface area (Å²) in [6.45, 7) is 0. The maximum Gasteiger partial charge on any atom is 0.157 e. The number of rotatable bonds is 3. The SMILES string of the molecule is N#CC(C(=O)C1CC1)c1ccccc1Cl. The van der Waals surface area contributed by atoms with E-state index in [1.807, 2.05) is 6.07 Å². The minimum Gasteiger partial charge on any atom is -0.298 e. The summed E-state index contributed by atoms with van der Waals surface area (Å²) in [6.07, 6.45) is 1.84. The van der Waals surface area contributed by atoms with Gasteiger partial charge in [-0.05, 0) is 24.5 Å². The first-order valence-corrected chi connectivity index (χ1v) is 5.29. The monoisotopic (exact) mass is 219 g/mol. The summed E-state index contributed by atoms with van der Waals surface area (Å²) in [5.74, 6) is -0.581. The normalized spacial score (nSPS) is 16.8. The lowest BCUT2D eigenvalue weighted by atomic mass is 9.93. The molecule has 0 saturated heterocycles. The Labute approximate surface area is 93.5 Å². The number of benzene rings is 1. The van der Waals surface area contributed by atoms with Crippen molar-refractivity contribution in [3.05, 3.63) is 34.9 Å². The molecule has 0 N–H and O–H groups in total. The highest BCUT2D eigenvalue weighted by Gasteiger charge is 2.36. The Kier molecular flexibility index (Phi) is 2.75. The van der Waals surface area contributed by atoms with Gasteiger partial charge in [0.2, 0.25) is 0 Å². The van der Waals surface area contributed by atoms with E-state index in [1.54, 1.807) is 24.3 Å². The molecule has 1 fully saturated rings. The number of hydrogen-bond acceptors (Lipinski definition) is 2. The Hall–Kier alpha value is -1.33. The quantitative estimate of drug-likeness (QED) is 0.784. The maximum absolute atomic E-state index is 11.8. The van der Waals surface area contributed by atoms with E-state index in [4.69, 9.17) is 16.9 Å². The van der Waals surface area contributed by atoms with Gasteiger partial charge in [0.05, 0.1) is 6.07 Å². The number of ketones is 1. The molecule has 0 radical (unpaired) electrons. The summed E-state index contributed by atoms with van der Waals surface area (Å²) in [5, 5.41) is 9.52. The fourth-order valence-electron chi connectivity index (χ4n) is 1.60. The number of halogens is 1. The molecule has 0 aromatic heterocycles. The van der Waals surface area contributed by atoms with Crippen LogP contribution in [0.1, 0.15) is 24.3 Å². The Morgan fingerprint density at radius 2 is 2.13 bits per heavy atom. The van der Waals surface area contributed by atoms with E-state index < -0.39 is 5.92 Å². The second-order valence-corrected chi connectivity index (χ2v) is 4.17. The Bertz CT molecular complexity index is 431. The third-order valence-corrected chi connectivity index (χ3v) is 2.95. The zero-order valence-electron chi connectivity index (χ0n) is 8.11. The largest absolute Gasteiger partial charge is 0.298 e. The van der Waals surface area contributed by atoms with Crippen LogP contribution in [-0.2, 0) is 4.79 Å². The summed E-state index contributed by atoms with van der Waals surface area (Å²) in [4.78, 5) is 11.8. The first-order chi connectivity index (χ1) is 7.24. The molecule has 0 heterocycles. The van der Waals surface area contributed by atoms with Crippen LogP contribution < -0.4 is 0 Å². The number of hydrogen-bond donors (Lipinski definition) is 0. The highest BCUT2D eigenvalue weighted by atomic mass is 35.5. The van der Waals surface area contributed by atoms with Crippen molar-refractivity contribution < 1.29 is 4.79 Å². The molecular formula is C12H10ClNO. The molecule has 1 saturated carbocycles. The van der Waals surface area contributed by atoms with E-state index in [0.29, 0.717) is 10.6 Å². The van der Waals surface area contributed by atoms with Gasteiger partial charge in [0.1, 0.15) is 5.92 Å². The number of nitrogens with zero attached hydrogens (tertiary/aromatic N) is 1. The summed E-state index contributed by atoms with van der Waals surface area (Å²) in [6, 6.07) is 9.09. The van der Waals surface area contributed by atoms with Crippen molar-refractivity contribution in [3.8, 4) is 6.07 Å². The molecular weight excluding hydrogens is 210 g/mol. The Balaban J connectivity index is 2.31. The second-order valence-electron chi connectivity index (χ2n) is 3.76. The van der Waals surface area contributed by atoms with Crippen LogP contribution in [0.5, 0.6) is 0 Å². The molecule has 0 spiro atoms. The van der Waals surface area contributed by atoms with Crippen LogP contribution >= 0.6 is 11.6 Å². The molecule has 2 rings (SSSR count). The Morgan fingerprint density at radius 1 is 1.47 bits per heavy atom. The van der Waals surface area contributed by atoms with Gasteiger partial charge in [0, 0.05) is 10.9 Å². The molecule has 2 nitrogen and oxygen atoms in total. The molecule has 0 aliphatic heterocycles. The highest BCUT2D eigenvalue weighted by molar-refractivity contribution is 6.31. The molecule has 1 aliphatic rings. The van der Waals surface area contributed by atoms with Crippen molar-refractivity contribution in [2.75, 3.05) is 0 Å². The number of carbonyl (C=O) groups excluding carboxylic acids is 1. The third-order valence-electron chi connectivity index (χ3n) is 2.61. The van der Waals surface area contributed by atoms with E-state index in [1.165, 1.54) is 0 Å². The smallest absolute Gasteiger partial charge is 0.157 e. The van der Waals surface area contributed by atoms with E-state index in [0.717, 1.165) is 12.8 Å². The molecule has 0 amide bonds. The molecule has 1 aromatic carbocycles. The van der Waals surface area contributed by atoms with Crippen LogP contribution in [0.4, 0.5) is 0 Å². The zero-order chi connectivity index (χ0) is 10.8. The first-order valence-electron chi connectivity index (χ1n) is 4.92. The van der Waals surface area contributed by atoms with Gasteiger partial charge in [0.25, 0.3) is 0 Å². The van der Waals surface area contributed by atoms with Gasteiger partial charge in [0.15, 0.2) is 5.78 Å². The first kappa shape index (κ1) is 10.2. The molecule has 1 unspecified atom stereocenters. The topological polar surface area (TPSA) is 40.9 Å². The number of Topliss-reactive ketones (excluding diaryl/α,β-unsaturated/α-hetero) is 1. The molecule has 1 aliphatic carbocycles. The molecule has 15 heavy (non-hydrogen) atoms. The van der Waals surface area contributed by atoms with Crippen LogP contribution in [0, 0.1) is 17.2 Å². The van der Waals surface area contributed by atoms with Crippen molar-refractivity contribution in [2.45, 2.75) is 18.8 Å². The second kappa shape index (κ2) is 4.04. The molecule has 1 aromatic rings. The lowest BCUT2D eigenvalue weighted by Crippen LogP contribution is -2.12. The van der Waals surface area contributed by atoms with Crippen LogP contribution in [0.15, 0.2) is 24.3 Å². The van der Waals surface area contributed by atoms with Crippen LogP contribution in [0.25, 0.3) is 0 Å². The van der Waals surface area contributed by atoms with Gasteiger partial charge in [-0.15, -0.1) is 0 Å². The molecule has 76 valence electrons. The van der Waals surface area contributed by atoms with Gasteiger partial charge in [-0.1, -0.05) is 29.8 Å². The van der Waals surface area contributed by atoms with Crippen LogP contribution in [-0.4, -0.2) is 5.78 Å².